The molecule has 3 aromatic rings. The number of rotatable bonds is 9. The number of aromatic nitrogens is 2. The van der Waals surface area contributed by atoms with Crippen molar-refractivity contribution in [1.29, 1.82) is 0 Å². The average Bonchev–Trinajstić information content (AvgIpc) is 3.66. The Balaban J connectivity index is 1.59. The number of nitrogens with zero attached hydrogens (tertiary/aromatic N) is 3. The maximum absolute atomic E-state index is 12.6. The third-order valence-corrected chi connectivity index (χ3v) is 5.42. The molecule has 4 rings (SSSR count). The highest BCUT2D eigenvalue weighted by Gasteiger charge is 2.24. The Morgan fingerprint density at radius 3 is 2.91 bits per heavy atom. The van der Waals surface area contributed by atoms with Crippen molar-refractivity contribution < 1.29 is 9.53 Å². The first kappa shape index (κ1) is 22.3. The molecule has 1 aromatic heterocycles. The fourth-order valence-electron chi connectivity index (χ4n) is 3.54. The first-order chi connectivity index (χ1) is 16.1. The van der Waals surface area contributed by atoms with Crippen LogP contribution in [0.25, 0.3) is 10.9 Å². The van der Waals surface area contributed by atoms with Gasteiger partial charge in [0.2, 0.25) is 5.91 Å². The van der Waals surface area contributed by atoms with Crippen LogP contribution in [0.3, 0.4) is 0 Å². The van der Waals surface area contributed by atoms with E-state index in [0.717, 1.165) is 23.2 Å². The van der Waals surface area contributed by atoms with Crippen molar-refractivity contribution in [1.82, 2.24) is 14.9 Å². The molecular weight excluding hydrogens is 414 g/mol. The smallest absolute Gasteiger partial charge is 0.248 e. The Morgan fingerprint density at radius 2 is 2.15 bits per heavy atom. The van der Waals surface area contributed by atoms with Crippen LogP contribution in [0.4, 0.5) is 17.2 Å². The van der Waals surface area contributed by atoms with E-state index in [1.54, 1.807) is 6.08 Å². The van der Waals surface area contributed by atoms with Gasteiger partial charge in [-0.25, -0.2) is 9.97 Å². The minimum atomic E-state index is -0.215. The summed E-state index contributed by atoms with van der Waals surface area (Å²) in [4.78, 5) is 23.6. The lowest BCUT2D eigenvalue weighted by Gasteiger charge is -2.14. The standard InChI is InChI=1S/C26H27N5O2/c1-4-18-8-6-9-19(14-18)29-26-21-15-23(24(33-5-2)16-22(21)27-17-28-26)30-25(32)10-7-13-31(3)20-11-12-20/h1,6-10,14-17,20H,5,11-13H2,2-3H3,(H,30,32)(H,27,28,29)/b10-7+. The van der Waals surface area contributed by atoms with E-state index in [0.29, 0.717) is 35.4 Å². The molecule has 0 radical (unpaired) electrons. The molecule has 0 unspecified atom stereocenters. The molecule has 0 aliphatic heterocycles. The van der Waals surface area contributed by atoms with Gasteiger partial charge in [0.15, 0.2) is 0 Å². The van der Waals surface area contributed by atoms with Gasteiger partial charge < -0.3 is 15.4 Å². The van der Waals surface area contributed by atoms with Gasteiger partial charge in [0.25, 0.3) is 0 Å². The lowest BCUT2D eigenvalue weighted by atomic mass is 10.1. The van der Waals surface area contributed by atoms with E-state index in [-0.39, 0.29) is 5.91 Å². The summed E-state index contributed by atoms with van der Waals surface area (Å²) in [6.07, 6.45) is 12.9. The first-order valence-electron chi connectivity index (χ1n) is 11.0. The third kappa shape index (κ3) is 5.68. The number of hydrogen-bond donors (Lipinski definition) is 2. The number of fused-ring (bicyclic) bond motifs is 1. The predicted molar refractivity (Wildman–Crippen MR) is 132 cm³/mol. The zero-order valence-corrected chi connectivity index (χ0v) is 18.8. The lowest BCUT2D eigenvalue weighted by Crippen LogP contribution is -2.20. The number of benzene rings is 2. The summed E-state index contributed by atoms with van der Waals surface area (Å²) in [6, 6.07) is 11.8. The molecule has 0 atom stereocenters. The van der Waals surface area contributed by atoms with Gasteiger partial charge in [-0.05, 0) is 51.1 Å². The van der Waals surface area contributed by atoms with Crippen LogP contribution in [0.5, 0.6) is 5.75 Å². The molecule has 1 aliphatic rings. The summed E-state index contributed by atoms with van der Waals surface area (Å²) in [6.45, 7) is 3.10. The van der Waals surface area contributed by atoms with Crippen molar-refractivity contribution in [3.8, 4) is 18.1 Å². The highest BCUT2D eigenvalue weighted by molar-refractivity contribution is 6.03. The van der Waals surface area contributed by atoms with E-state index in [1.165, 1.54) is 19.2 Å². The maximum Gasteiger partial charge on any atom is 0.248 e. The molecule has 0 saturated heterocycles. The minimum absolute atomic E-state index is 0.215. The van der Waals surface area contributed by atoms with Gasteiger partial charge >= 0.3 is 0 Å². The second kappa shape index (κ2) is 10.2. The normalized spacial score (nSPS) is 13.3. The molecule has 33 heavy (non-hydrogen) atoms. The number of likely N-dealkylation sites (N-methyl/N-ethyl adjacent to an activating group) is 1. The monoisotopic (exact) mass is 441 g/mol. The molecule has 7 heteroatoms. The average molecular weight is 442 g/mol. The van der Waals surface area contributed by atoms with Crippen LogP contribution < -0.4 is 15.4 Å². The fraction of sp³-hybridized carbons (Fsp3) is 0.269. The fourth-order valence-corrected chi connectivity index (χ4v) is 3.54. The Bertz CT molecular complexity index is 1230. The van der Waals surface area contributed by atoms with Gasteiger partial charge in [-0.1, -0.05) is 18.1 Å². The van der Waals surface area contributed by atoms with Crippen molar-refractivity contribution in [2.75, 3.05) is 30.8 Å². The second-order valence-electron chi connectivity index (χ2n) is 7.93. The quantitative estimate of drug-likeness (QED) is 0.380. The van der Waals surface area contributed by atoms with E-state index in [1.807, 2.05) is 49.4 Å². The van der Waals surface area contributed by atoms with E-state index in [9.17, 15) is 4.79 Å². The number of hydrogen-bond acceptors (Lipinski definition) is 6. The summed E-state index contributed by atoms with van der Waals surface area (Å²) in [7, 11) is 2.07. The van der Waals surface area contributed by atoms with Crippen LogP contribution in [-0.4, -0.2) is 47.0 Å². The summed E-state index contributed by atoms with van der Waals surface area (Å²) in [5.74, 6) is 3.58. The number of carbonyl (C=O) groups is 1. The molecule has 1 amide bonds. The molecule has 2 N–H and O–H groups in total. The number of ether oxygens (including phenoxy) is 1. The molecule has 1 fully saturated rings. The van der Waals surface area contributed by atoms with Crippen molar-refractivity contribution in [3.05, 3.63) is 60.4 Å². The zero-order chi connectivity index (χ0) is 23.2. The topological polar surface area (TPSA) is 79.4 Å². The lowest BCUT2D eigenvalue weighted by molar-refractivity contribution is -0.111. The van der Waals surface area contributed by atoms with Crippen LogP contribution in [-0.2, 0) is 4.79 Å². The number of terminal acetylenes is 1. The maximum atomic E-state index is 12.6. The minimum Gasteiger partial charge on any atom is -0.492 e. The highest BCUT2D eigenvalue weighted by Crippen LogP contribution is 2.33. The van der Waals surface area contributed by atoms with Crippen molar-refractivity contribution in [2.24, 2.45) is 0 Å². The molecule has 0 spiro atoms. The molecule has 1 heterocycles. The van der Waals surface area contributed by atoms with Crippen LogP contribution in [0.2, 0.25) is 0 Å². The molecule has 2 aromatic carbocycles. The van der Waals surface area contributed by atoms with Crippen molar-refractivity contribution in [3.63, 3.8) is 0 Å². The van der Waals surface area contributed by atoms with Crippen molar-refractivity contribution >= 4 is 34.0 Å². The Labute approximate surface area is 193 Å². The first-order valence-corrected chi connectivity index (χ1v) is 11.0. The number of amides is 1. The van der Waals surface area contributed by atoms with Gasteiger partial charge in [0.05, 0.1) is 17.8 Å². The zero-order valence-electron chi connectivity index (χ0n) is 18.8. The molecule has 1 aliphatic carbocycles. The van der Waals surface area contributed by atoms with E-state index in [4.69, 9.17) is 11.2 Å². The van der Waals surface area contributed by atoms with E-state index < -0.39 is 0 Å². The molecular formula is C26H27N5O2. The van der Waals surface area contributed by atoms with Crippen LogP contribution in [0, 0.1) is 12.3 Å². The summed E-state index contributed by atoms with van der Waals surface area (Å²) in [5, 5.41) is 6.98. The second-order valence-corrected chi connectivity index (χ2v) is 7.93. The SMILES string of the molecule is C#Cc1cccc(Nc2ncnc3cc(OCC)c(NC(=O)/C=C/CN(C)C4CC4)cc23)c1. The van der Waals surface area contributed by atoms with Gasteiger partial charge in [-0.15, -0.1) is 6.42 Å². The highest BCUT2D eigenvalue weighted by atomic mass is 16.5. The summed E-state index contributed by atoms with van der Waals surface area (Å²) in [5.41, 5.74) is 2.84. The van der Waals surface area contributed by atoms with Gasteiger partial charge in [0.1, 0.15) is 17.9 Å². The Hall–Kier alpha value is -3.89. The molecule has 1 saturated carbocycles. The largest absolute Gasteiger partial charge is 0.492 e. The van der Waals surface area contributed by atoms with Crippen LogP contribution in [0.15, 0.2) is 54.9 Å². The van der Waals surface area contributed by atoms with Gasteiger partial charge in [-0.3, -0.25) is 9.69 Å². The summed E-state index contributed by atoms with van der Waals surface area (Å²) < 4.78 is 5.77. The molecule has 168 valence electrons. The number of nitrogens with one attached hydrogen (secondary N) is 2. The van der Waals surface area contributed by atoms with Gasteiger partial charge in [0, 0.05) is 41.4 Å². The van der Waals surface area contributed by atoms with Crippen molar-refractivity contribution in [2.45, 2.75) is 25.8 Å². The summed E-state index contributed by atoms with van der Waals surface area (Å²) >= 11 is 0. The number of carbonyl (C=O) groups excluding carboxylic acids is 1. The number of anilines is 3. The third-order valence-electron chi connectivity index (χ3n) is 5.42. The van der Waals surface area contributed by atoms with E-state index in [2.05, 4.69) is 38.5 Å². The molecule has 0 bridgehead atoms. The van der Waals surface area contributed by atoms with E-state index >= 15 is 0 Å². The molecule has 7 nitrogen and oxygen atoms in total. The Kier molecular flexibility index (Phi) is 6.86. The van der Waals surface area contributed by atoms with Gasteiger partial charge in [-0.2, -0.15) is 0 Å². The Morgan fingerprint density at radius 1 is 1.30 bits per heavy atom. The predicted octanol–water partition coefficient (Wildman–Crippen LogP) is 4.34. The van der Waals surface area contributed by atoms with Crippen LogP contribution in [0.1, 0.15) is 25.3 Å². The van der Waals surface area contributed by atoms with Crippen LogP contribution >= 0.6 is 0 Å².